The van der Waals surface area contributed by atoms with E-state index < -0.39 is 0 Å². The summed E-state index contributed by atoms with van der Waals surface area (Å²) in [7, 11) is 1.92. The van der Waals surface area contributed by atoms with Gasteiger partial charge in [0.1, 0.15) is 5.69 Å². The van der Waals surface area contributed by atoms with Crippen molar-refractivity contribution in [3.8, 4) is 10.6 Å². The first-order valence-corrected chi connectivity index (χ1v) is 4.90. The maximum atomic E-state index is 5.53. The minimum absolute atomic E-state index is 0.609. The number of nitrogens with two attached hydrogens (primary N) is 1. The van der Waals surface area contributed by atoms with Crippen molar-refractivity contribution in [3.05, 3.63) is 29.3 Å². The molecule has 2 aromatic rings. The summed E-state index contributed by atoms with van der Waals surface area (Å²) in [4.78, 5) is 2.38. The highest BCUT2D eigenvalue weighted by atomic mass is 32.1. The number of aryl methyl sites for hydroxylation is 1. The van der Waals surface area contributed by atoms with Crippen LogP contribution in [0.5, 0.6) is 0 Å². The molecule has 0 atom stereocenters. The third-order valence-corrected chi connectivity index (χ3v) is 2.96. The Hall–Kier alpha value is -1.13. The summed E-state index contributed by atoms with van der Waals surface area (Å²) in [5.41, 5.74) is 6.55. The molecule has 3 nitrogen and oxygen atoms in total. The van der Waals surface area contributed by atoms with Gasteiger partial charge in [-0.1, -0.05) is 0 Å². The molecule has 2 heterocycles. The Bertz CT molecular complexity index is 402. The number of nitrogens with zero attached hydrogens (tertiary/aromatic N) is 2. The van der Waals surface area contributed by atoms with Crippen molar-refractivity contribution in [2.75, 3.05) is 0 Å². The Balaban J connectivity index is 2.35. The standard InChI is InChI=1S/C9H11N3S/c1-12-5-4-8(11-12)9-3-2-7(6-10)13-9/h2-5H,6,10H2,1H3. The van der Waals surface area contributed by atoms with Crippen LogP contribution in [0.4, 0.5) is 0 Å². The Kier molecular flexibility index (Phi) is 2.16. The number of hydrogen-bond donors (Lipinski definition) is 1. The predicted octanol–water partition coefficient (Wildman–Crippen LogP) is 1.61. The van der Waals surface area contributed by atoms with Crippen LogP contribution in [0.15, 0.2) is 24.4 Å². The fourth-order valence-electron chi connectivity index (χ4n) is 1.17. The fraction of sp³-hybridized carbons (Fsp3) is 0.222. The first-order chi connectivity index (χ1) is 6.29. The zero-order chi connectivity index (χ0) is 9.26. The van der Waals surface area contributed by atoms with Gasteiger partial charge in [0.15, 0.2) is 0 Å². The second-order valence-electron chi connectivity index (χ2n) is 2.84. The lowest BCUT2D eigenvalue weighted by Gasteiger charge is -1.88. The van der Waals surface area contributed by atoms with Crippen molar-refractivity contribution in [2.45, 2.75) is 6.54 Å². The molecule has 0 unspecified atom stereocenters. The minimum atomic E-state index is 0.609. The summed E-state index contributed by atoms with van der Waals surface area (Å²) >= 11 is 1.70. The van der Waals surface area contributed by atoms with Crippen LogP contribution < -0.4 is 5.73 Å². The molecule has 0 radical (unpaired) electrons. The van der Waals surface area contributed by atoms with Crippen LogP contribution in [0.3, 0.4) is 0 Å². The largest absolute Gasteiger partial charge is 0.326 e. The molecule has 68 valence electrons. The lowest BCUT2D eigenvalue weighted by Crippen LogP contribution is -1.91. The molecule has 0 aliphatic carbocycles. The molecule has 2 rings (SSSR count). The molecule has 0 bridgehead atoms. The lowest BCUT2D eigenvalue weighted by atomic mass is 10.3. The van der Waals surface area contributed by atoms with Crippen LogP contribution in [-0.2, 0) is 13.6 Å². The van der Waals surface area contributed by atoms with Gasteiger partial charge in [-0.05, 0) is 18.2 Å². The van der Waals surface area contributed by atoms with Gasteiger partial charge in [0, 0.05) is 24.7 Å². The van der Waals surface area contributed by atoms with E-state index in [4.69, 9.17) is 5.73 Å². The van der Waals surface area contributed by atoms with E-state index in [1.807, 2.05) is 19.3 Å². The molecule has 0 spiro atoms. The van der Waals surface area contributed by atoms with Crippen LogP contribution in [-0.4, -0.2) is 9.78 Å². The Morgan fingerprint density at radius 2 is 2.31 bits per heavy atom. The Morgan fingerprint density at radius 1 is 1.46 bits per heavy atom. The van der Waals surface area contributed by atoms with E-state index in [9.17, 15) is 0 Å². The molecule has 0 saturated carbocycles. The maximum absolute atomic E-state index is 5.53. The number of rotatable bonds is 2. The molecule has 4 heteroatoms. The van der Waals surface area contributed by atoms with Gasteiger partial charge >= 0.3 is 0 Å². The average Bonchev–Trinajstić information content (AvgIpc) is 2.71. The first-order valence-electron chi connectivity index (χ1n) is 4.08. The molecule has 0 saturated heterocycles. The van der Waals surface area contributed by atoms with Gasteiger partial charge < -0.3 is 5.73 Å². The van der Waals surface area contributed by atoms with Gasteiger partial charge in [-0.3, -0.25) is 4.68 Å². The van der Waals surface area contributed by atoms with Crippen LogP contribution in [0.25, 0.3) is 10.6 Å². The Labute approximate surface area is 80.8 Å². The van der Waals surface area contributed by atoms with Gasteiger partial charge in [0.05, 0.1) is 4.88 Å². The van der Waals surface area contributed by atoms with Crippen molar-refractivity contribution in [1.29, 1.82) is 0 Å². The predicted molar refractivity (Wildman–Crippen MR) is 54.4 cm³/mol. The monoisotopic (exact) mass is 193 g/mol. The van der Waals surface area contributed by atoms with Crippen molar-refractivity contribution < 1.29 is 0 Å². The number of aromatic nitrogens is 2. The van der Waals surface area contributed by atoms with Gasteiger partial charge in [0.2, 0.25) is 0 Å². The lowest BCUT2D eigenvalue weighted by molar-refractivity contribution is 0.771. The summed E-state index contributed by atoms with van der Waals surface area (Å²) in [6.07, 6.45) is 1.94. The average molecular weight is 193 g/mol. The smallest absolute Gasteiger partial charge is 0.102 e. The first kappa shape index (κ1) is 8.47. The van der Waals surface area contributed by atoms with Gasteiger partial charge in [-0.25, -0.2) is 0 Å². The highest BCUT2D eigenvalue weighted by molar-refractivity contribution is 7.15. The van der Waals surface area contributed by atoms with E-state index in [1.165, 1.54) is 9.75 Å². The number of thiophene rings is 1. The zero-order valence-electron chi connectivity index (χ0n) is 7.40. The van der Waals surface area contributed by atoms with E-state index >= 15 is 0 Å². The zero-order valence-corrected chi connectivity index (χ0v) is 8.21. The minimum Gasteiger partial charge on any atom is -0.326 e. The molecule has 0 aromatic carbocycles. The fourth-order valence-corrected chi connectivity index (χ4v) is 2.02. The van der Waals surface area contributed by atoms with Crippen LogP contribution >= 0.6 is 11.3 Å². The topological polar surface area (TPSA) is 43.8 Å². The molecule has 0 fully saturated rings. The third-order valence-electron chi connectivity index (χ3n) is 1.83. The molecule has 0 aliphatic rings. The second-order valence-corrected chi connectivity index (χ2v) is 4.01. The highest BCUT2D eigenvalue weighted by Gasteiger charge is 2.03. The maximum Gasteiger partial charge on any atom is 0.102 e. The molecule has 0 aliphatic heterocycles. The quantitative estimate of drug-likeness (QED) is 0.787. The van der Waals surface area contributed by atoms with Gasteiger partial charge in [0.25, 0.3) is 0 Å². The molecule has 13 heavy (non-hydrogen) atoms. The van der Waals surface area contributed by atoms with Crippen LogP contribution in [0.1, 0.15) is 4.88 Å². The van der Waals surface area contributed by atoms with E-state index in [0.717, 1.165) is 5.69 Å². The normalized spacial score (nSPS) is 10.6. The second kappa shape index (κ2) is 3.32. The van der Waals surface area contributed by atoms with E-state index in [2.05, 4.69) is 17.2 Å². The molecule has 2 aromatic heterocycles. The summed E-state index contributed by atoms with van der Waals surface area (Å²) in [6.45, 7) is 0.609. The number of hydrogen-bond acceptors (Lipinski definition) is 3. The van der Waals surface area contributed by atoms with Crippen LogP contribution in [0, 0.1) is 0 Å². The molecule has 0 amide bonds. The summed E-state index contributed by atoms with van der Waals surface area (Å²) < 4.78 is 1.80. The molecular formula is C9H11N3S. The van der Waals surface area contributed by atoms with Gasteiger partial charge in [-0.2, -0.15) is 5.10 Å². The van der Waals surface area contributed by atoms with E-state index in [0.29, 0.717) is 6.54 Å². The van der Waals surface area contributed by atoms with Crippen LogP contribution in [0.2, 0.25) is 0 Å². The summed E-state index contributed by atoms with van der Waals surface area (Å²) in [6, 6.07) is 6.12. The van der Waals surface area contributed by atoms with E-state index in [1.54, 1.807) is 16.0 Å². The SMILES string of the molecule is Cn1ccc(-c2ccc(CN)s2)n1. The van der Waals surface area contributed by atoms with Gasteiger partial charge in [-0.15, -0.1) is 11.3 Å². The van der Waals surface area contributed by atoms with Crippen molar-refractivity contribution in [1.82, 2.24) is 9.78 Å². The van der Waals surface area contributed by atoms with Crippen molar-refractivity contribution >= 4 is 11.3 Å². The molecular weight excluding hydrogens is 182 g/mol. The third kappa shape index (κ3) is 1.64. The van der Waals surface area contributed by atoms with Crippen molar-refractivity contribution in [2.24, 2.45) is 12.8 Å². The molecule has 2 N–H and O–H groups in total. The van der Waals surface area contributed by atoms with Crippen molar-refractivity contribution in [3.63, 3.8) is 0 Å². The summed E-state index contributed by atoms with van der Waals surface area (Å²) in [5.74, 6) is 0. The summed E-state index contributed by atoms with van der Waals surface area (Å²) in [5, 5.41) is 4.31. The van der Waals surface area contributed by atoms with E-state index in [-0.39, 0.29) is 0 Å². The highest BCUT2D eigenvalue weighted by Crippen LogP contribution is 2.25. The Morgan fingerprint density at radius 3 is 2.85 bits per heavy atom.